The monoisotopic (exact) mass is 346 g/mol. The zero-order valence-corrected chi connectivity index (χ0v) is 15.8. The van der Waals surface area contributed by atoms with Gasteiger partial charge in [0.15, 0.2) is 11.5 Å². The highest BCUT2D eigenvalue weighted by Crippen LogP contribution is 2.54. The van der Waals surface area contributed by atoms with E-state index in [0.29, 0.717) is 11.8 Å². The molecule has 4 aromatic rings. The molecule has 0 spiro atoms. The van der Waals surface area contributed by atoms with Gasteiger partial charge in [-0.25, -0.2) is 14.5 Å². The van der Waals surface area contributed by atoms with E-state index >= 15 is 0 Å². The summed E-state index contributed by atoms with van der Waals surface area (Å²) in [5.74, 6) is 1.66. The predicted molar refractivity (Wildman–Crippen MR) is 99.8 cm³/mol. The van der Waals surface area contributed by atoms with Crippen molar-refractivity contribution in [1.82, 2.24) is 29.0 Å². The third-order valence-corrected chi connectivity index (χ3v) is 5.79. The first-order valence-electron chi connectivity index (χ1n) is 9.09. The number of aryl methyl sites for hydroxylation is 5. The lowest BCUT2D eigenvalue weighted by Gasteiger charge is -2.02. The van der Waals surface area contributed by atoms with E-state index in [0.717, 1.165) is 34.9 Å². The van der Waals surface area contributed by atoms with Crippen molar-refractivity contribution in [3.8, 4) is 0 Å². The molecule has 0 saturated heterocycles. The molecular formula is C20H22N6. The van der Waals surface area contributed by atoms with Crippen LogP contribution in [0.3, 0.4) is 0 Å². The Morgan fingerprint density at radius 2 is 1.81 bits per heavy atom. The zero-order valence-electron chi connectivity index (χ0n) is 15.8. The van der Waals surface area contributed by atoms with Gasteiger partial charge in [0.05, 0.1) is 17.1 Å². The minimum Gasteiger partial charge on any atom is -0.304 e. The van der Waals surface area contributed by atoms with Crippen molar-refractivity contribution >= 4 is 11.3 Å². The molecule has 6 heteroatoms. The lowest BCUT2D eigenvalue weighted by Crippen LogP contribution is -1.97. The normalized spacial score (nSPS) is 19.6. The molecule has 5 rings (SSSR count). The van der Waals surface area contributed by atoms with Gasteiger partial charge >= 0.3 is 0 Å². The van der Waals surface area contributed by atoms with E-state index in [2.05, 4.69) is 42.4 Å². The third-order valence-electron chi connectivity index (χ3n) is 5.79. The smallest absolute Gasteiger partial charge is 0.177 e. The van der Waals surface area contributed by atoms with Crippen LogP contribution in [0.1, 0.15) is 58.0 Å². The molecule has 0 radical (unpaired) electrons. The van der Waals surface area contributed by atoms with E-state index < -0.39 is 0 Å². The highest BCUT2D eigenvalue weighted by atomic mass is 15.3. The van der Waals surface area contributed by atoms with Gasteiger partial charge in [0.2, 0.25) is 0 Å². The van der Waals surface area contributed by atoms with Crippen LogP contribution in [0.15, 0.2) is 18.5 Å². The summed E-state index contributed by atoms with van der Waals surface area (Å²) in [6, 6.07) is 2.16. The fourth-order valence-corrected chi connectivity index (χ4v) is 3.87. The van der Waals surface area contributed by atoms with Crippen molar-refractivity contribution < 1.29 is 0 Å². The van der Waals surface area contributed by atoms with Crippen molar-refractivity contribution in [2.45, 2.75) is 52.9 Å². The number of hydrogen-bond donors (Lipinski definition) is 0. The average molecular weight is 346 g/mol. The number of nitrogens with zero attached hydrogens (tertiary/aromatic N) is 6. The average Bonchev–Trinajstić information content (AvgIpc) is 3.14. The van der Waals surface area contributed by atoms with Crippen LogP contribution in [0.25, 0.3) is 11.3 Å². The van der Waals surface area contributed by atoms with Gasteiger partial charge < -0.3 is 4.40 Å². The van der Waals surface area contributed by atoms with Gasteiger partial charge in [0.1, 0.15) is 5.65 Å². The van der Waals surface area contributed by atoms with Crippen LogP contribution in [0.2, 0.25) is 0 Å². The van der Waals surface area contributed by atoms with Crippen molar-refractivity contribution in [3.05, 3.63) is 58.2 Å². The highest BCUT2D eigenvalue weighted by Gasteiger charge is 2.45. The summed E-state index contributed by atoms with van der Waals surface area (Å²) in [7, 11) is 0. The minimum atomic E-state index is 0.346. The SMILES string of the molecule is Cc1ccn2c(C)c(C3CC3c3nc4c(C)ncc(C)n4n3)nc2c1C. The van der Waals surface area contributed by atoms with Crippen molar-refractivity contribution in [3.63, 3.8) is 0 Å². The van der Waals surface area contributed by atoms with Crippen LogP contribution in [-0.2, 0) is 0 Å². The molecule has 1 aliphatic carbocycles. The van der Waals surface area contributed by atoms with Crippen LogP contribution in [0, 0.1) is 34.6 Å². The Labute approximate surface area is 151 Å². The molecule has 4 aromatic heterocycles. The van der Waals surface area contributed by atoms with Gasteiger partial charge in [-0.05, 0) is 58.2 Å². The molecule has 132 valence electrons. The van der Waals surface area contributed by atoms with Gasteiger partial charge in [-0.1, -0.05) is 0 Å². The van der Waals surface area contributed by atoms with Gasteiger partial charge in [-0.3, -0.25) is 4.98 Å². The molecule has 2 atom stereocenters. The van der Waals surface area contributed by atoms with Crippen LogP contribution in [0.4, 0.5) is 0 Å². The van der Waals surface area contributed by atoms with Crippen molar-refractivity contribution in [2.24, 2.45) is 0 Å². The third kappa shape index (κ3) is 2.04. The maximum Gasteiger partial charge on any atom is 0.177 e. The summed E-state index contributed by atoms with van der Waals surface area (Å²) in [5.41, 5.74) is 8.82. The topological polar surface area (TPSA) is 60.4 Å². The standard InChI is InChI=1S/C20H22N6/c1-10-6-7-25-14(5)17(22-19(25)12(10)3)15-8-16(15)18-23-20-13(4)21-9-11(2)26(20)24-18/h6-7,9,15-16H,8H2,1-5H3. The lowest BCUT2D eigenvalue weighted by molar-refractivity contribution is 0.827. The molecule has 1 fully saturated rings. The molecule has 0 aromatic carbocycles. The lowest BCUT2D eigenvalue weighted by atomic mass is 10.2. The second kappa shape index (κ2) is 5.13. The van der Waals surface area contributed by atoms with E-state index in [4.69, 9.17) is 15.1 Å². The molecular weight excluding hydrogens is 324 g/mol. The van der Waals surface area contributed by atoms with Gasteiger partial charge in [0.25, 0.3) is 0 Å². The Balaban J connectivity index is 1.56. The number of rotatable bonds is 2. The van der Waals surface area contributed by atoms with E-state index in [1.54, 1.807) is 0 Å². The number of hydrogen-bond acceptors (Lipinski definition) is 4. The van der Waals surface area contributed by atoms with Gasteiger partial charge in [-0.2, -0.15) is 5.10 Å². The number of imidazole rings is 1. The highest BCUT2D eigenvalue weighted by molar-refractivity contribution is 5.55. The largest absolute Gasteiger partial charge is 0.304 e. The summed E-state index contributed by atoms with van der Waals surface area (Å²) >= 11 is 0. The molecule has 0 aliphatic heterocycles. The maximum atomic E-state index is 4.99. The summed E-state index contributed by atoms with van der Waals surface area (Å²) in [5, 5.41) is 4.76. The Kier molecular flexibility index (Phi) is 3.05. The Bertz CT molecular complexity index is 1140. The first-order valence-corrected chi connectivity index (χ1v) is 9.09. The molecule has 1 aliphatic rings. The fraction of sp³-hybridized carbons (Fsp3) is 0.400. The maximum absolute atomic E-state index is 4.99. The van der Waals surface area contributed by atoms with Crippen molar-refractivity contribution in [1.29, 1.82) is 0 Å². The molecule has 2 unspecified atom stereocenters. The van der Waals surface area contributed by atoms with Gasteiger partial charge in [0, 0.05) is 29.9 Å². The summed E-state index contributed by atoms with van der Waals surface area (Å²) in [4.78, 5) is 14.2. The van der Waals surface area contributed by atoms with E-state index in [1.807, 2.05) is 24.6 Å². The molecule has 0 N–H and O–H groups in total. The van der Waals surface area contributed by atoms with E-state index in [9.17, 15) is 0 Å². The van der Waals surface area contributed by atoms with Crippen LogP contribution < -0.4 is 0 Å². The Morgan fingerprint density at radius 3 is 2.58 bits per heavy atom. The Hall–Kier alpha value is -2.76. The fourth-order valence-electron chi connectivity index (χ4n) is 3.87. The minimum absolute atomic E-state index is 0.346. The van der Waals surface area contributed by atoms with Gasteiger partial charge in [-0.15, -0.1) is 0 Å². The molecule has 0 bridgehead atoms. The quantitative estimate of drug-likeness (QED) is 0.556. The second-order valence-corrected chi connectivity index (χ2v) is 7.54. The molecule has 0 amide bonds. The zero-order chi connectivity index (χ0) is 18.2. The second-order valence-electron chi connectivity index (χ2n) is 7.54. The predicted octanol–water partition coefficient (Wildman–Crippen LogP) is 3.59. The summed E-state index contributed by atoms with van der Waals surface area (Å²) in [6.45, 7) is 10.4. The van der Waals surface area contributed by atoms with E-state index in [-0.39, 0.29) is 0 Å². The number of fused-ring (bicyclic) bond motifs is 2. The molecule has 6 nitrogen and oxygen atoms in total. The first kappa shape index (κ1) is 15.5. The summed E-state index contributed by atoms with van der Waals surface area (Å²) < 4.78 is 4.12. The molecule has 4 heterocycles. The van der Waals surface area contributed by atoms with Crippen LogP contribution in [-0.4, -0.2) is 29.0 Å². The van der Waals surface area contributed by atoms with Crippen LogP contribution in [0.5, 0.6) is 0 Å². The molecule has 1 saturated carbocycles. The first-order chi connectivity index (χ1) is 12.5. The van der Waals surface area contributed by atoms with Crippen molar-refractivity contribution in [2.75, 3.05) is 0 Å². The number of aromatic nitrogens is 6. The van der Waals surface area contributed by atoms with E-state index in [1.165, 1.54) is 22.5 Å². The summed E-state index contributed by atoms with van der Waals surface area (Å²) in [6.07, 6.45) is 5.04. The number of pyridine rings is 1. The molecule has 26 heavy (non-hydrogen) atoms. The Morgan fingerprint density at radius 1 is 1.00 bits per heavy atom. The van der Waals surface area contributed by atoms with Crippen LogP contribution >= 0.6 is 0 Å².